The number of amides is 1. The topological polar surface area (TPSA) is 57.2 Å². The number of hydrogen-bond acceptors (Lipinski definition) is 5. The molecule has 0 spiro atoms. The van der Waals surface area contributed by atoms with Gasteiger partial charge in [-0.1, -0.05) is 30.3 Å². The summed E-state index contributed by atoms with van der Waals surface area (Å²) in [6.07, 6.45) is 1.00. The van der Waals surface area contributed by atoms with Crippen LogP contribution < -0.4 is 10.1 Å². The molecule has 2 aromatic rings. The van der Waals surface area contributed by atoms with Gasteiger partial charge in [-0.05, 0) is 36.2 Å². The second kappa shape index (κ2) is 9.96. The van der Waals surface area contributed by atoms with Gasteiger partial charge in [0.1, 0.15) is 5.75 Å². The summed E-state index contributed by atoms with van der Waals surface area (Å²) in [4.78, 5) is 21.6. The van der Waals surface area contributed by atoms with E-state index in [1.165, 1.54) is 5.56 Å². The highest BCUT2D eigenvalue weighted by molar-refractivity contribution is 14.0. The second-order valence-corrected chi connectivity index (χ2v) is 7.11. The highest BCUT2D eigenvalue weighted by atomic mass is 127. The van der Waals surface area contributed by atoms with Crippen LogP contribution in [0.25, 0.3) is 0 Å². The van der Waals surface area contributed by atoms with Crippen molar-refractivity contribution in [1.29, 1.82) is 0 Å². The molecule has 29 heavy (non-hydrogen) atoms. The van der Waals surface area contributed by atoms with Crippen molar-refractivity contribution in [3.63, 3.8) is 0 Å². The molecule has 0 radical (unpaired) electrons. The smallest absolute Gasteiger partial charge is 0.253 e. The van der Waals surface area contributed by atoms with E-state index in [2.05, 4.69) is 34.5 Å². The van der Waals surface area contributed by atoms with Crippen LogP contribution >= 0.6 is 24.0 Å². The molecule has 1 amide bonds. The van der Waals surface area contributed by atoms with E-state index >= 15 is 0 Å². The number of benzene rings is 2. The fourth-order valence-corrected chi connectivity index (χ4v) is 3.74. The lowest BCUT2D eigenvalue weighted by Gasteiger charge is -2.39. The Labute approximate surface area is 189 Å². The zero-order valence-electron chi connectivity index (χ0n) is 16.6. The van der Waals surface area contributed by atoms with Crippen molar-refractivity contribution in [2.45, 2.75) is 12.5 Å². The molecule has 0 aliphatic carbocycles. The number of hydrogen-bond donors (Lipinski definition) is 1. The number of carbonyl (C=O) groups excluding carboxylic acids is 1. The highest BCUT2D eigenvalue weighted by Gasteiger charge is 2.26. The van der Waals surface area contributed by atoms with E-state index in [1.807, 2.05) is 35.2 Å². The zero-order valence-corrected chi connectivity index (χ0v) is 18.9. The second-order valence-electron chi connectivity index (χ2n) is 7.11. The van der Waals surface area contributed by atoms with E-state index in [1.54, 1.807) is 7.11 Å². The Morgan fingerprint density at radius 3 is 2.38 bits per heavy atom. The summed E-state index contributed by atoms with van der Waals surface area (Å²) in [6, 6.07) is 18.1. The van der Waals surface area contributed by atoms with Crippen LogP contribution in [0, 0.1) is 0 Å². The molecule has 1 atom stereocenters. The fraction of sp³-hybridized carbons (Fsp3) is 0.364. The van der Waals surface area contributed by atoms with Gasteiger partial charge in [-0.25, -0.2) is 0 Å². The van der Waals surface area contributed by atoms with Gasteiger partial charge in [0.25, 0.3) is 5.91 Å². The maximum absolute atomic E-state index is 12.7. The number of methoxy groups -OCH3 is 1. The minimum Gasteiger partial charge on any atom is -0.497 e. The highest BCUT2D eigenvalue weighted by Crippen LogP contribution is 2.20. The average Bonchev–Trinajstić information content (AvgIpc) is 2.79. The predicted molar refractivity (Wildman–Crippen MR) is 125 cm³/mol. The summed E-state index contributed by atoms with van der Waals surface area (Å²) >= 11 is 0. The number of nitrogens with one attached hydrogen (secondary N) is 1. The maximum Gasteiger partial charge on any atom is 0.253 e. The number of ether oxygens (including phenoxy) is 1. The number of nitrogens with zero attached hydrogens (tertiary/aromatic N) is 3. The van der Waals surface area contributed by atoms with Crippen molar-refractivity contribution in [3.05, 3.63) is 65.7 Å². The van der Waals surface area contributed by atoms with Crippen LogP contribution in [-0.2, 0) is 0 Å². The first-order valence-corrected chi connectivity index (χ1v) is 9.79. The quantitative estimate of drug-likeness (QED) is 0.651. The monoisotopic (exact) mass is 506 g/mol. The van der Waals surface area contributed by atoms with Crippen molar-refractivity contribution < 1.29 is 9.53 Å². The van der Waals surface area contributed by atoms with Gasteiger partial charge >= 0.3 is 0 Å². The van der Waals surface area contributed by atoms with Gasteiger partial charge in [-0.15, -0.1) is 24.0 Å². The Morgan fingerprint density at radius 2 is 1.72 bits per heavy atom. The normalized spacial score (nSPS) is 18.9. The molecule has 154 valence electrons. The van der Waals surface area contributed by atoms with Gasteiger partial charge in [0.05, 0.1) is 13.2 Å². The molecule has 0 bridgehead atoms. The maximum atomic E-state index is 12.7. The lowest BCUT2D eigenvalue weighted by Crippen LogP contribution is -2.55. The molecular formula is C22H27IN4O2. The van der Waals surface area contributed by atoms with Crippen molar-refractivity contribution in [2.24, 2.45) is 4.99 Å². The summed E-state index contributed by atoms with van der Waals surface area (Å²) in [7, 11) is 1.63. The molecule has 7 heteroatoms. The van der Waals surface area contributed by atoms with Crippen LogP contribution in [0.4, 0.5) is 0 Å². The van der Waals surface area contributed by atoms with Crippen LogP contribution in [0.3, 0.4) is 0 Å². The molecule has 1 saturated heterocycles. The molecule has 2 aliphatic rings. The number of halogens is 1. The largest absolute Gasteiger partial charge is 0.497 e. The van der Waals surface area contributed by atoms with Gasteiger partial charge in [-0.3, -0.25) is 9.79 Å². The Balaban J connectivity index is 0.00000240. The number of carbonyl (C=O) groups is 1. The number of aliphatic imine (C=N–C) groups is 1. The first kappa shape index (κ1) is 21.4. The number of rotatable bonds is 3. The standard InChI is InChI=1S/C22H26N4O2.HI/c1-28-19-9-7-18(8-10-19)21(27)25-13-15-26(16-14-25)22-23-12-11-20(24-22)17-5-3-2-4-6-17;/h2-10,20H,11-16H2,1H3,(H,23,24);1H. The van der Waals surface area contributed by atoms with Crippen LogP contribution in [0.2, 0.25) is 0 Å². The molecule has 0 saturated carbocycles. The van der Waals surface area contributed by atoms with Crippen LogP contribution in [-0.4, -0.2) is 61.5 Å². The molecule has 2 heterocycles. The number of guanidine groups is 1. The molecule has 0 aromatic heterocycles. The third-order valence-electron chi connectivity index (χ3n) is 5.39. The minimum absolute atomic E-state index is 0. The minimum atomic E-state index is 0. The van der Waals surface area contributed by atoms with Gasteiger partial charge in [0.15, 0.2) is 5.96 Å². The van der Waals surface area contributed by atoms with Crippen molar-refractivity contribution in [1.82, 2.24) is 15.1 Å². The van der Waals surface area contributed by atoms with Crippen molar-refractivity contribution in [3.8, 4) is 5.75 Å². The van der Waals surface area contributed by atoms with E-state index in [0.717, 1.165) is 37.8 Å². The Bertz CT molecular complexity index is 834. The fourth-order valence-electron chi connectivity index (χ4n) is 3.74. The first-order valence-electron chi connectivity index (χ1n) is 9.79. The third kappa shape index (κ3) is 5.01. The van der Waals surface area contributed by atoms with Gasteiger partial charge < -0.3 is 19.9 Å². The predicted octanol–water partition coefficient (Wildman–Crippen LogP) is 3.16. The zero-order chi connectivity index (χ0) is 19.3. The van der Waals surface area contributed by atoms with Crippen LogP contribution in [0.1, 0.15) is 28.4 Å². The molecule has 1 unspecified atom stereocenters. The summed E-state index contributed by atoms with van der Waals surface area (Å²) in [6.45, 7) is 3.79. The summed E-state index contributed by atoms with van der Waals surface area (Å²) in [5.41, 5.74) is 2.00. The summed E-state index contributed by atoms with van der Waals surface area (Å²) in [5, 5.41) is 3.59. The van der Waals surface area contributed by atoms with Crippen molar-refractivity contribution in [2.75, 3.05) is 39.8 Å². The molecule has 6 nitrogen and oxygen atoms in total. The van der Waals surface area contributed by atoms with E-state index in [4.69, 9.17) is 9.73 Å². The Kier molecular flexibility index (Phi) is 7.35. The lowest BCUT2D eigenvalue weighted by molar-refractivity contribution is 0.0688. The molecule has 1 N–H and O–H groups in total. The molecule has 2 aliphatic heterocycles. The van der Waals surface area contributed by atoms with Gasteiger partial charge in [0.2, 0.25) is 0 Å². The Morgan fingerprint density at radius 1 is 1.03 bits per heavy atom. The van der Waals surface area contributed by atoms with E-state index in [-0.39, 0.29) is 29.9 Å². The van der Waals surface area contributed by atoms with Gasteiger partial charge in [-0.2, -0.15) is 0 Å². The summed E-state index contributed by atoms with van der Waals surface area (Å²) < 4.78 is 5.16. The van der Waals surface area contributed by atoms with E-state index < -0.39 is 0 Å². The SMILES string of the molecule is COc1ccc(C(=O)N2CCN(C3=NCCC(c4ccccc4)N3)CC2)cc1.I. The average molecular weight is 506 g/mol. The molecular weight excluding hydrogens is 479 g/mol. The van der Waals surface area contributed by atoms with E-state index in [9.17, 15) is 4.79 Å². The van der Waals surface area contributed by atoms with Crippen LogP contribution in [0.5, 0.6) is 5.75 Å². The van der Waals surface area contributed by atoms with Gasteiger partial charge in [0, 0.05) is 38.3 Å². The summed E-state index contributed by atoms with van der Waals surface area (Å²) in [5.74, 6) is 1.79. The lowest BCUT2D eigenvalue weighted by atomic mass is 10.0. The number of piperazine rings is 1. The first-order chi connectivity index (χ1) is 13.7. The molecule has 2 aromatic carbocycles. The Hall–Kier alpha value is -2.29. The molecule has 1 fully saturated rings. The van der Waals surface area contributed by atoms with Crippen LogP contribution in [0.15, 0.2) is 59.6 Å². The van der Waals surface area contributed by atoms with Crippen molar-refractivity contribution >= 4 is 35.8 Å². The third-order valence-corrected chi connectivity index (χ3v) is 5.39. The molecule has 4 rings (SSSR count). The van der Waals surface area contributed by atoms with E-state index in [0.29, 0.717) is 24.7 Å².